The molecule has 0 atom stereocenters. The van der Waals surface area contributed by atoms with Crippen LogP contribution in [0.15, 0.2) is 33.6 Å². The second-order valence-corrected chi connectivity index (χ2v) is 4.33. The molecule has 0 fully saturated rings. The molecule has 3 heteroatoms. The van der Waals surface area contributed by atoms with Gasteiger partial charge in [0, 0.05) is 10.9 Å². The highest BCUT2D eigenvalue weighted by Gasteiger charge is 2.15. The van der Waals surface area contributed by atoms with Crippen molar-refractivity contribution in [3.8, 4) is 0 Å². The summed E-state index contributed by atoms with van der Waals surface area (Å²) in [5.41, 5.74) is 1.23. The fourth-order valence-corrected chi connectivity index (χ4v) is 1.89. The van der Waals surface area contributed by atoms with Gasteiger partial charge in [-0.3, -0.25) is 4.79 Å². The molecule has 0 aliphatic rings. The maximum absolute atomic E-state index is 13.6. The van der Waals surface area contributed by atoms with Crippen molar-refractivity contribution in [3.05, 3.63) is 33.6 Å². The van der Waals surface area contributed by atoms with Crippen LogP contribution in [0.3, 0.4) is 0 Å². The smallest absolute Gasteiger partial charge is 0.166 e. The highest BCUT2D eigenvalue weighted by atomic mass is 79.9. The molecule has 0 saturated heterocycles. The van der Waals surface area contributed by atoms with Gasteiger partial charge in [-0.2, -0.15) is 0 Å². The molecule has 0 radical (unpaired) electrons. The molecule has 1 nitrogen and oxygen atoms in total. The minimum absolute atomic E-state index is 0.137. The summed E-state index contributed by atoms with van der Waals surface area (Å²) in [5, 5.41) is 0. The predicted molar refractivity (Wildman–Crippen MR) is 70.2 cm³/mol. The van der Waals surface area contributed by atoms with Gasteiger partial charge in [-0.05, 0) is 42.3 Å². The van der Waals surface area contributed by atoms with E-state index in [1.54, 1.807) is 19.9 Å². The van der Waals surface area contributed by atoms with Crippen LogP contribution in [0.4, 0.5) is 4.39 Å². The summed E-state index contributed by atoms with van der Waals surface area (Å²) in [6, 6.07) is 0. The van der Waals surface area contributed by atoms with E-state index in [2.05, 4.69) is 15.9 Å². The number of allylic oxidation sites excluding steroid dienone is 6. The monoisotopic (exact) mass is 288 g/mol. The van der Waals surface area contributed by atoms with Gasteiger partial charge in [-0.15, -0.1) is 0 Å². The molecule has 0 N–H and O–H groups in total. The molecule has 16 heavy (non-hydrogen) atoms. The maximum Gasteiger partial charge on any atom is 0.166 e. The first-order valence-electron chi connectivity index (χ1n) is 5.40. The van der Waals surface area contributed by atoms with Crippen LogP contribution in [0, 0.1) is 0 Å². The number of carbonyl (C=O) groups excluding carboxylic acids is 1. The minimum Gasteiger partial charge on any atom is -0.294 e. The Labute approximate surface area is 105 Å². The number of ketones is 1. The predicted octanol–water partition coefficient (Wildman–Crippen LogP) is 4.84. The molecular formula is C13H18BrFO. The third kappa shape index (κ3) is 4.44. The molecule has 0 aliphatic heterocycles. The van der Waals surface area contributed by atoms with Crippen LogP contribution < -0.4 is 0 Å². The largest absolute Gasteiger partial charge is 0.294 e. The van der Waals surface area contributed by atoms with Gasteiger partial charge in [0.05, 0.1) is 5.57 Å². The van der Waals surface area contributed by atoms with E-state index in [-0.39, 0.29) is 11.4 Å². The maximum atomic E-state index is 13.6. The standard InChI is InChI=1S/C13H18BrFO/c1-5-9(4)8-10(14)13(11(15)6-2)12(16)7-3/h6,8H,5,7H2,1-4H3/b9-8+,11-6+,13-10-. The molecule has 90 valence electrons. The highest BCUT2D eigenvalue weighted by Crippen LogP contribution is 2.25. The fraction of sp³-hybridized carbons (Fsp3) is 0.462. The van der Waals surface area contributed by atoms with E-state index < -0.39 is 5.83 Å². The van der Waals surface area contributed by atoms with E-state index in [1.807, 2.05) is 13.8 Å². The zero-order valence-corrected chi connectivity index (χ0v) is 11.8. The van der Waals surface area contributed by atoms with Gasteiger partial charge in [0.1, 0.15) is 5.83 Å². The first kappa shape index (κ1) is 15.3. The van der Waals surface area contributed by atoms with Crippen molar-refractivity contribution in [2.75, 3.05) is 0 Å². The molecule has 0 saturated carbocycles. The highest BCUT2D eigenvalue weighted by molar-refractivity contribution is 9.12. The van der Waals surface area contributed by atoms with Crippen molar-refractivity contribution >= 4 is 21.7 Å². The lowest BCUT2D eigenvalue weighted by Gasteiger charge is -2.05. The first-order chi connectivity index (χ1) is 7.47. The Kier molecular flexibility index (Phi) is 7.22. The lowest BCUT2D eigenvalue weighted by atomic mass is 10.1. The summed E-state index contributed by atoms with van der Waals surface area (Å²) in [4.78, 5) is 11.6. The Hall–Kier alpha value is -0.700. The van der Waals surface area contributed by atoms with Crippen LogP contribution in [0.1, 0.15) is 40.5 Å². The van der Waals surface area contributed by atoms with Crippen LogP contribution in [-0.4, -0.2) is 5.78 Å². The van der Waals surface area contributed by atoms with Gasteiger partial charge in [-0.25, -0.2) is 4.39 Å². The Morgan fingerprint density at radius 2 is 1.88 bits per heavy atom. The van der Waals surface area contributed by atoms with Crippen molar-refractivity contribution in [1.82, 2.24) is 0 Å². The Bertz CT molecular complexity index is 351. The molecule has 0 heterocycles. The van der Waals surface area contributed by atoms with E-state index in [1.165, 1.54) is 6.08 Å². The Balaban J connectivity index is 5.47. The number of Topliss-reactive ketones (excluding diaryl/α,β-unsaturated/α-hetero) is 1. The van der Waals surface area contributed by atoms with E-state index in [0.29, 0.717) is 10.9 Å². The molecule has 0 spiro atoms. The van der Waals surface area contributed by atoms with E-state index in [0.717, 1.165) is 12.0 Å². The molecule has 0 rings (SSSR count). The summed E-state index contributed by atoms with van der Waals surface area (Å²) in [5.74, 6) is -0.665. The van der Waals surface area contributed by atoms with Gasteiger partial charge in [0.2, 0.25) is 0 Å². The number of rotatable bonds is 5. The normalized spacial score (nSPS) is 14.9. The topological polar surface area (TPSA) is 17.1 Å². The molecular weight excluding hydrogens is 271 g/mol. The van der Waals surface area contributed by atoms with E-state index in [4.69, 9.17) is 0 Å². The van der Waals surface area contributed by atoms with Crippen LogP contribution in [0.2, 0.25) is 0 Å². The van der Waals surface area contributed by atoms with Crippen LogP contribution >= 0.6 is 15.9 Å². The van der Waals surface area contributed by atoms with Crippen molar-refractivity contribution in [3.63, 3.8) is 0 Å². The van der Waals surface area contributed by atoms with Crippen LogP contribution in [0.25, 0.3) is 0 Å². The summed E-state index contributed by atoms with van der Waals surface area (Å²) in [7, 11) is 0. The van der Waals surface area contributed by atoms with Gasteiger partial charge in [0.25, 0.3) is 0 Å². The average molecular weight is 289 g/mol. The fourth-order valence-electron chi connectivity index (χ4n) is 1.09. The summed E-state index contributed by atoms with van der Waals surface area (Å²) in [6.45, 7) is 7.26. The number of carbonyl (C=O) groups is 1. The second kappa shape index (κ2) is 7.55. The molecule has 0 amide bonds. The lowest BCUT2D eigenvalue weighted by molar-refractivity contribution is -0.115. The molecule has 0 aromatic heterocycles. The molecule has 0 bridgehead atoms. The quantitative estimate of drug-likeness (QED) is 0.522. The minimum atomic E-state index is -0.473. The number of hydrogen-bond donors (Lipinski definition) is 0. The number of halogens is 2. The average Bonchev–Trinajstić information content (AvgIpc) is 2.28. The zero-order valence-electron chi connectivity index (χ0n) is 10.2. The first-order valence-corrected chi connectivity index (χ1v) is 6.19. The lowest BCUT2D eigenvalue weighted by Crippen LogP contribution is -2.03. The van der Waals surface area contributed by atoms with Crippen LogP contribution in [0.5, 0.6) is 0 Å². The van der Waals surface area contributed by atoms with Crippen molar-refractivity contribution in [2.45, 2.75) is 40.5 Å². The zero-order chi connectivity index (χ0) is 12.7. The summed E-state index contributed by atoms with van der Waals surface area (Å²) in [6.07, 6.45) is 4.27. The molecule has 0 aliphatic carbocycles. The van der Waals surface area contributed by atoms with Gasteiger partial charge < -0.3 is 0 Å². The second-order valence-electron chi connectivity index (χ2n) is 3.48. The van der Waals surface area contributed by atoms with Crippen molar-refractivity contribution in [2.24, 2.45) is 0 Å². The van der Waals surface area contributed by atoms with Crippen molar-refractivity contribution in [1.29, 1.82) is 0 Å². The SMILES string of the molecule is C\C=C(F)/C(C(=O)CC)=C(Br)\C=C(/C)CC. The summed E-state index contributed by atoms with van der Waals surface area (Å²) >= 11 is 3.27. The number of hydrogen-bond acceptors (Lipinski definition) is 1. The van der Waals surface area contributed by atoms with E-state index >= 15 is 0 Å². The Morgan fingerprint density at radius 3 is 2.25 bits per heavy atom. The van der Waals surface area contributed by atoms with Gasteiger partial charge >= 0.3 is 0 Å². The molecule has 0 aromatic carbocycles. The van der Waals surface area contributed by atoms with Gasteiger partial charge in [0.15, 0.2) is 5.78 Å². The van der Waals surface area contributed by atoms with Crippen molar-refractivity contribution < 1.29 is 9.18 Å². The Morgan fingerprint density at radius 1 is 1.31 bits per heavy atom. The van der Waals surface area contributed by atoms with Crippen LogP contribution in [-0.2, 0) is 4.79 Å². The third-order valence-electron chi connectivity index (χ3n) is 2.26. The molecule has 0 unspecified atom stereocenters. The van der Waals surface area contributed by atoms with Gasteiger partial charge in [-0.1, -0.05) is 25.5 Å². The molecule has 0 aromatic rings. The third-order valence-corrected chi connectivity index (χ3v) is 2.89. The van der Waals surface area contributed by atoms with E-state index in [9.17, 15) is 9.18 Å². The summed E-state index contributed by atoms with van der Waals surface area (Å²) < 4.78 is 14.1.